The third-order valence-corrected chi connectivity index (χ3v) is 4.33. The topological polar surface area (TPSA) is 46.1 Å². The van der Waals surface area contributed by atoms with Crippen molar-refractivity contribution >= 4 is 27.5 Å². The molecule has 1 amide bonds. The van der Waals surface area contributed by atoms with Crippen molar-refractivity contribution in [2.75, 3.05) is 11.9 Å². The highest BCUT2D eigenvalue weighted by atomic mass is 79.9. The summed E-state index contributed by atoms with van der Waals surface area (Å²) < 4.78 is 17.2. The highest BCUT2D eigenvalue weighted by molar-refractivity contribution is 9.10. The fraction of sp³-hybridized carbons (Fsp3) is 0.312. The number of halogens is 2. The van der Waals surface area contributed by atoms with E-state index in [1.54, 1.807) is 12.1 Å². The molecule has 0 bridgehead atoms. The third kappa shape index (κ3) is 2.80. The molecule has 4 nitrogen and oxygen atoms in total. The van der Waals surface area contributed by atoms with E-state index >= 15 is 0 Å². The monoisotopic (exact) mass is 365 g/mol. The van der Waals surface area contributed by atoms with Crippen molar-refractivity contribution in [3.05, 3.63) is 51.5 Å². The number of rotatable bonds is 3. The van der Waals surface area contributed by atoms with Gasteiger partial charge in [0.1, 0.15) is 11.5 Å². The molecule has 1 aliphatic heterocycles. The van der Waals surface area contributed by atoms with Crippen LogP contribution in [0.1, 0.15) is 28.5 Å². The van der Waals surface area contributed by atoms with E-state index in [2.05, 4.69) is 26.6 Å². The second-order valence-corrected chi connectivity index (χ2v) is 6.19. The first kappa shape index (κ1) is 15.2. The Bertz CT molecular complexity index is 726. The minimum Gasteiger partial charge on any atom is -0.343 e. The van der Waals surface area contributed by atoms with Crippen LogP contribution in [0.15, 0.2) is 28.9 Å². The molecule has 2 heterocycles. The van der Waals surface area contributed by atoms with Gasteiger partial charge in [0.25, 0.3) is 5.91 Å². The normalized spacial score (nSPS) is 13.8. The van der Waals surface area contributed by atoms with Crippen molar-refractivity contribution in [3.63, 3.8) is 0 Å². The van der Waals surface area contributed by atoms with E-state index in [4.69, 9.17) is 0 Å². The van der Waals surface area contributed by atoms with Gasteiger partial charge in [-0.2, -0.15) is 0 Å². The van der Waals surface area contributed by atoms with Gasteiger partial charge < -0.3 is 15.2 Å². The average Bonchev–Trinajstić information content (AvgIpc) is 2.91. The molecule has 0 unspecified atom stereocenters. The number of carbonyl (C=O) groups excluding carboxylic acids is 1. The molecule has 0 radical (unpaired) electrons. The SMILES string of the molecule is CCn1cc(Br)cc1C(=O)Nc1ccc2c(c1F)CCNC2. The maximum Gasteiger partial charge on any atom is 0.272 e. The van der Waals surface area contributed by atoms with E-state index in [0.29, 0.717) is 30.8 Å². The predicted octanol–water partition coefficient (Wildman–Crippen LogP) is 3.31. The summed E-state index contributed by atoms with van der Waals surface area (Å²) in [6, 6.07) is 5.24. The summed E-state index contributed by atoms with van der Waals surface area (Å²) in [7, 11) is 0. The Morgan fingerprint density at radius 3 is 3.09 bits per heavy atom. The van der Waals surface area contributed by atoms with Gasteiger partial charge in [-0.1, -0.05) is 6.07 Å². The van der Waals surface area contributed by atoms with Crippen LogP contribution in [0.3, 0.4) is 0 Å². The summed E-state index contributed by atoms with van der Waals surface area (Å²) in [6.07, 6.45) is 2.48. The van der Waals surface area contributed by atoms with Crippen molar-refractivity contribution < 1.29 is 9.18 Å². The van der Waals surface area contributed by atoms with Crippen LogP contribution in [0.25, 0.3) is 0 Å². The van der Waals surface area contributed by atoms with Gasteiger partial charge in [0, 0.05) is 23.8 Å². The number of aromatic nitrogens is 1. The summed E-state index contributed by atoms with van der Waals surface area (Å²) in [5.41, 5.74) is 2.41. The molecule has 1 aromatic carbocycles. The van der Waals surface area contributed by atoms with E-state index in [0.717, 1.165) is 16.6 Å². The fourth-order valence-corrected chi connectivity index (χ4v) is 3.21. The molecular weight excluding hydrogens is 349 g/mol. The highest BCUT2D eigenvalue weighted by Gasteiger charge is 2.19. The number of hydrogen-bond acceptors (Lipinski definition) is 2. The van der Waals surface area contributed by atoms with Gasteiger partial charge in [-0.05, 0) is 59.1 Å². The molecule has 22 heavy (non-hydrogen) atoms. The van der Waals surface area contributed by atoms with E-state index in [1.807, 2.05) is 23.8 Å². The first-order chi connectivity index (χ1) is 10.6. The molecule has 1 aromatic heterocycles. The zero-order valence-electron chi connectivity index (χ0n) is 12.2. The van der Waals surface area contributed by atoms with Crippen molar-refractivity contribution in [1.29, 1.82) is 0 Å². The number of nitrogens with zero attached hydrogens (tertiary/aromatic N) is 1. The number of fused-ring (bicyclic) bond motifs is 1. The number of anilines is 1. The van der Waals surface area contributed by atoms with Crippen molar-refractivity contribution in [1.82, 2.24) is 9.88 Å². The van der Waals surface area contributed by atoms with Gasteiger partial charge >= 0.3 is 0 Å². The lowest BCUT2D eigenvalue weighted by Gasteiger charge is -2.19. The number of aryl methyl sites for hydroxylation is 1. The van der Waals surface area contributed by atoms with Crippen LogP contribution in [-0.4, -0.2) is 17.0 Å². The molecule has 2 N–H and O–H groups in total. The predicted molar refractivity (Wildman–Crippen MR) is 87.6 cm³/mol. The first-order valence-corrected chi connectivity index (χ1v) is 8.07. The third-order valence-electron chi connectivity index (χ3n) is 3.89. The zero-order valence-corrected chi connectivity index (χ0v) is 13.8. The number of nitrogens with one attached hydrogen (secondary N) is 2. The Balaban J connectivity index is 1.88. The molecule has 0 spiro atoms. The Hall–Kier alpha value is -1.66. The Morgan fingerprint density at radius 1 is 1.50 bits per heavy atom. The van der Waals surface area contributed by atoms with Gasteiger partial charge in [-0.15, -0.1) is 0 Å². The quantitative estimate of drug-likeness (QED) is 0.876. The molecule has 0 fully saturated rings. The lowest BCUT2D eigenvalue weighted by molar-refractivity contribution is 0.101. The number of amides is 1. The first-order valence-electron chi connectivity index (χ1n) is 7.28. The second kappa shape index (κ2) is 6.22. The number of carbonyl (C=O) groups is 1. The molecule has 6 heteroatoms. The van der Waals surface area contributed by atoms with E-state index in [1.165, 1.54) is 0 Å². The minimum atomic E-state index is -0.318. The van der Waals surface area contributed by atoms with Crippen LogP contribution in [0.2, 0.25) is 0 Å². The molecular formula is C16H17BrFN3O. The molecule has 2 aromatic rings. The molecule has 116 valence electrons. The van der Waals surface area contributed by atoms with Crippen LogP contribution in [-0.2, 0) is 19.5 Å². The van der Waals surface area contributed by atoms with E-state index < -0.39 is 0 Å². The maximum absolute atomic E-state index is 14.6. The lowest BCUT2D eigenvalue weighted by Crippen LogP contribution is -2.25. The number of hydrogen-bond donors (Lipinski definition) is 2. The zero-order chi connectivity index (χ0) is 15.7. The molecule has 0 saturated heterocycles. The van der Waals surface area contributed by atoms with Crippen LogP contribution in [0.4, 0.5) is 10.1 Å². The van der Waals surface area contributed by atoms with Gasteiger partial charge in [0.05, 0.1) is 5.69 Å². The minimum absolute atomic E-state index is 0.241. The Labute approximate surface area is 136 Å². The van der Waals surface area contributed by atoms with E-state index in [9.17, 15) is 9.18 Å². The summed E-state index contributed by atoms with van der Waals surface area (Å²) >= 11 is 3.36. The average molecular weight is 366 g/mol. The van der Waals surface area contributed by atoms with Crippen LogP contribution in [0.5, 0.6) is 0 Å². The second-order valence-electron chi connectivity index (χ2n) is 5.28. The summed E-state index contributed by atoms with van der Waals surface area (Å²) in [5.74, 6) is -0.624. The summed E-state index contributed by atoms with van der Waals surface area (Å²) in [5, 5.41) is 5.90. The van der Waals surface area contributed by atoms with Gasteiger partial charge in [-0.25, -0.2) is 4.39 Å². The fourth-order valence-electron chi connectivity index (χ4n) is 2.74. The molecule has 0 atom stereocenters. The van der Waals surface area contributed by atoms with Crippen LogP contribution < -0.4 is 10.6 Å². The van der Waals surface area contributed by atoms with Crippen molar-refractivity contribution in [3.8, 4) is 0 Å². The smallest absolute Gasteiger partial charge is 0.272 e. The highest BCUT2D eigenvalue weighted by Crippen LogP contribution is 2.25. The molecule has 1 aliphatic rings. The van der Waals surface area contributed by atoms with Crippen molar-refractivity contribution in [2.24, 2.45) is 0 Å². The Morgan fingerprint density at radius 2 is 2.32 bits per heavy atom. The molecule has 3 rings (SSSR count). The Kier molecular flexibility index (Phi) is 4.31. The van der Waals surface area contributed by atoms with Crippen molar-refractivity contribution in [2.45, 2.75) is 26.4 Å². The largest absolute Gasteiger partial charge is 0.343 e. The van der Waals surface area contributed by atoms with Gasteiger partial charge in [-0.3, -0.25) is 4.79 Å². The summed E-state index contributed by atoms with van der Waals surface area (Å²) in [6.45, 7) is 4.06. The standard InChI is InChI=1S/C16H17BrFN3O/c1-2-21-9-11(17)7-14(21)16(22)20-13-4-3-10-8-19-6-5-12(10)15(13)18/h3-4,7,9,19H,2,5-6,8H2,1H3,(H,20,22). The molecule has 0 aliphatic carbocycles. The van der Waals surface area contributed by atoms with E-state index in [-0.39, 0.29) is 17.4 Å². The maximum atomic E-state index is 14.6. The number of benzene rings is 1. The molecule has 0 saturated carbocycles. The summed E-state index contributed by atoms with van der Waals surface area (Å²) in [4.78, 5) is 12.4. The van der Waals surface area contributed by atoms with Crippen LogP contribution in [0, 0.1) is 5.82 Å². The van der Waals surface area contributed by atoms with Gasteiger partial charge in [0.15, 0.2) is 0 Å². The lowest BCUT2D eigenvalue weighted by atomic mass is 9.99. The van der Waals surface area contributed by atoms with Gasteiger partial charge in [0.2, 0.25) is 0 Å². The van der Waals surface area contributed by atoms with Crippen LogP contribution >= 0.6 is 15.9 Å².